The van der Waals surface area contributed by atoms with Gasteiger partial charge < -0.3 is 14.8 Å². The fourth-order valence-electron chi connectivity index (χ4n) is 1.94. The molecule has 116 valence electrons. The molecule has 3 rings (SSSR count). The van der Waals surface area contributed by atoms with Crippen LogP contribution in [0, 0.1) is 0 Å². The topological polar surface area (TPSA) is 43.4 Å². The summed E-state index contributed by atoms with van der Waals surface area (Å²) in [6.07, 6.45) is -3.75. The minimum Gasteiger partial charge on any atom is -0.486 e. The Labute approximate surface area is 128 Å². The lowest BCUT2D eigenvalue weighted by molar-refractivity contribution is -0.137. The van der Waals surface area contributed by atoms with Crippen LogP contribution in [0.1, 0.15) is 5.56 Å². The van der Waals surface area contributed by atoms with E-state index in [1.165, 1.54) is 0 Å². The Bertz CT molecular complexity index is 707. The normalized spacial score (nSPS) is 13.8. The van der Waals surface area contributed by atoms with Gasteiger partial charge in [-0.15, -0.1) is 0 Å². The van der Waals surface area contributed by atoms with Crippen LogP contribution in [0.5, 0.6) is 11.5 Å². The number of benzene rings is 1. The summed E-state index contributed by atoms with van der Waals surface area (Å²) in [5, 5.41) is 2.73. The van der Waals surface area contributed by atoms with Crippen LogP contribution in [-0.4, -0.2) is 18.2 Å². The highest BCUT2D eigenvalue weighted by Gasteiger charge is 2.31. The lowest BCUT2D eigenvalue weighted by atomic mass is 10.2. The molecule has 1 aliphatic heterocycles. The van der Waals surface area contributed by atoms with Crippen LogP contribution in [0.2, 0.25) is 5.02 Å². The summed E-state index contributed by atoms with van der Waals surface area (Å²) in [7, 11) is 0. The Morgan fingerprint density at radius 2 is 1.82 bits per heavy atom. The van der Waals surface area contributed by atoms with Crippen molar-refractivity contribution in [2.75, 3.05) is 18.5 Å². The second-order valence-corrected chi connectivity index (χ2v) is 4.94. The summed E-state index contributed by atoms with van der Waals surface area (Å²) in [5.74, 6) is 1.30. The number of hydrogen-bond acceptors (Lipinski definition) is 4. The van der Waals surface area contributed by atoms with Gasteiger partial charge in [-0.05, 0) is 18.2 Å². The molecule has 2 aromatic rings. The average Bonchev–Trinajstić information content (AvgIpc) is 2.48. The van der Waals surface area contributed by atoms with Gasteiger partial charge in [-0.2, -0.15) is 13.2 Å². The lowest BCUT2D eigenvalue weighted by Crippen LogP contribution is -2.15. The Balaban J connectivity index is 1.84. The quantitative estimate of drug-likeness (QED) is 0.893. The summed E-state index contributed by atoms with van der Waals surface area (Å²) < 4.78 is 48.5. The van der Waals surface area contributed by atoms with E-state index in [9.17, 15) is 13.2 Å². The standard InChI is InChI=1S/C14H10ClF3N2O2/c15-10-5-8(14(16,17)18)7-19-13(10)20-9-1-2-11-12(6-9)22-4-3-21-11/h1-2,5-7H,3-4H2,(H,19,20). The Morgan fingerprint density at radius 3 is 2.50 bits per heavy atom. The number of alkyl halides is 3. The monoisotopic (exact) mass is 330 g/mol. The zero-order valence-corrected chi connectivity index (χ0v) is 11.8. The first-order valence-electron chi connectivity index (χ1n) is 6.33. The molecule has 1 aromatic heterocycles. The van der Waals surface area contributed by atoms with E-state index in [-0.39, 0.29) is 10.8 Å². The molecule has 1 aliphatic rings. The number of halogens is 4. The molecule has 0 saturated heterocycles. The zero-order valence-electron chi connectivity index (χ0n) is 11.1. The number of nitrogens with one attached hydrogen (secondary N) is 1. The maximum atomic E-state index is 12.6. The first-order chi connectivity index (χ1) is 10.4. The van der Waals surface area contributed by atoms with Crippen LogP contribution in [0.4, 0.5) is 24.7 Å². The number of nitrogens with zero attached hydrogens (tertiary/aromatic N) is 1. The number of hydrogen-bond donors (Lipinski definition) is 1. The van der Waals surface area contributed by atoms with Gasteiger partial charge in [0.2, 0.25) is 0 Å². The van der Waals surface area contributed by atoms with E-state index >= 15 is 0 Å². The molecular formula is C14H10ClF3N2O2. The van der Waals surface area contributed by atoms with Crippen molar-refractivity contribution in [2.45, 2.75) is 6.18 Å². The van der Waals surface area contributed by atoms with E-state index in [1.54, 1.807) is 18.2 Å². The molecule has 0 unspecified atom stereocenters. The summed E-state index contributed by atoms with van der Waals surface area (Å²) >= 11 is 5.85. The van der Waals surface area contributed by atoms with Crippen molar-refractivity contribution < 1.29 is 22.6 Å². The largest absolute Gasteiger partial charge is 0.486 e. The van der Waals surface area contributed by atoms with Crippen molar-refractivity contribution in [3.63, 3.8) is 0 Å². The summed E-state index contributed by atoms with van der Waals surface area (Å²) in [6.45, 7) is 0.918. The van der Waals surface area contributed by atoms with Crippen molar-refractivity contribution in [1.29, 1.82) is 0 Å². The van der Waals surface area contributed by atoms with Gasteiger partial charge >= 0.3 is 6.18 Å². The van der Waals surface area contributed by atoms with Gasteiger partial charge in [-0.3, -0.25) is 0 Å². The van der Waals surface area contributed by atoms with Gasteiger partial charge in [0.05, 0.1) is 10.6 Å². The van der Waals surface area contributed by atoms with Crippen LogP contribution >= 0.6 is 11.6 Å². The summed E-state index contributed by atoms with van der Waals surface area (Å²) in [4.78, 5) is 3.72. The number of anilines is 2. The van der Waals surface area contributed by atoms with Crippen LogP contribution in [-0.2, 0) is 6.18 Å². The Morgan fingerprint density at radius 1 is 1.09 bits per heavy atom. The molecule has 0 radical (unpaired) electrons. The molecule has 1 aromatic carbocycles. The maximum Gasteiger partial charge on any atom is 0.417 e. The van der Waals surface area contributed by atoms with E-state index < -0.39 is 11.7 Å². The molecule has 0 bridgehead atoms. The molecule has 4 nitrogen and oxygen atoms in total. The highest BCUT2D eigenvalue weighted by molar-refractivity contribution is 6.33. The third-order valence-corrected chi connectivity index (χ3v) is 3.26. The van der Waals surface area contributed by atoms with E-state index in [1.807, 2.05) is 0 Å². The summed E-state index contributed by atoms with van der Waals surface area (Å²) in [6, 6.07) is 5.90. The lowest BCUT2D eigenvalue weighted by Gasteiger charge is -2.19. The van der Waals surface area contributed by atoms with E-state index in [0.717, 1.165) is 12.3 Å². The Hall–Kier alpha value is -2.15. The zero-order chi connectivity index (χ0) is 15.7. The van der Waals surface area contributed by atoms with E-state index in [0.29, 0.717) is 30.4 Å². The van der Waals surface area contributed by atoms with Gasteiger partial charge in [-0.1, -0.05) is 11.6 Å². The second-order valence-electron chi connectivity index (χ2n) is 4.54. The van der Waals surface area contributed by atoms with Gasteiger partial charge in [0, 0.05) is 18.0 Å². The predicted molar refractivity (Wildman–Crippen MR) is 75.0 cm³/mol. The minimum atomic E-state index is -4.48. The van der Waals surface area contributed by atoms with E-state index in [4.69, 9.17) is 21.1 Å². The first kappa shape index (κ1) is 14.8. The third-order valence-electron chi connectivity index (χ3n) is 2.97. The fraction of sp³-hybridized carbons (Fsp3) is 0.214. The number of fused-ring (bicyclic) bond motifs is 1. The van der Waals surface area contributed by atoms with Gasteiger partial charge in [0.15, 0.2) is 11.5 Å². The Kier molecular flexibility index (Phi) is 3.74. The number of pyridine rings is 1. The molecule has 1 N–H and O–H groups in total. The molecule has 0 atom stereocenters. The average molecular weight is 331 g/mol. The maximum absolute atomic E-state index is 12.6. The van der Waals surface area contributed by atoms with Crippen LogP contribution in [0.25, 0.3) is 0 Å². The molecule has 0 fully saturated rings. The molecule has 0 amide bonds. The van der Waals surface area contributed by atoms with Gasteiger partial charge in [0.25, 0.3) is 0 Å². The molecule has 0 aliphatic carbocycles. The van der Waals surface area contributed by atoms with Crippen molar-refractivity contribution >= 4 is 23.1 Å². The third kappa shape index (κ3) is 3.04. The number of ether oxygens (including phenoxy) is 2. The summed E-state index contributed by atoms with van der Waals surface area (Å²) in [5.41, 5.74) is -0.316. The minimum absolute atomic E-state index is 0.121. The smallest absolute Gasteiger partial charge is 0.417 e. The molecule has 0 saturated carbocycles. The SMILES string of the molecule is FC(F)(F)c1cnc(Nc2ccc3c(c2)OCCO3)c(Cl)c1. The van der Waals surface area contributed by atoms with Crippen LogP contribution in [0.3, 0.4) is 0 Å². The van der Waals surface area contributed by atoms with Crippen molar-refractivity contribution in [3.8, 4) is 11.5 Å². The van der Waals surface area contributed by atoms with Crippen molar-refractivity contribution in [3.05, 3.63) is 41.0 Å². The fourth-order valence-corrected chi connectivity index (χ4v) is 2.16. The van der Waals surface area contributed by atoms with Crippen LogP contribution < -0.4 is 14.8 Å². The molecule has 8 heteroatoms. The van der Waals surface area contributed by atoms with E-state index in [2.05, 4.69) is 10.3 Å². The van der Waals surface area contributed by atoms with Crippen molar-refractivity contribution in [2.24, 2.45) is 0 Å². The molecular weight excluding hydrogens is 321 g/mol. The molecule has 0 spiro atoms. The van der Waals surface area contributed by atoms with Gasteiger partial charge in [0.1, 0.15) is 19.0 Å². The number of aromatic nitrogens is 1. The second kappa shape index (κ2) is 5.57. The van der Waals surface area contributed by atoms with Gasteiger partial charge in [-0.25, -0.2) is 4.98 Å². The first-order valence-corrected chi connectivity index (χ1v) is 6.71. The predicted octanol–water partition coefficient (Wildman–Crippen LogP) is 4.27. The number of rotatable bonds is 2. The molecule has 22 heavy (non-hydrogen) atoms. The highest BCUT2D eigenvalue weighted by atomic mass is 35.5. The van der Waals surface area contributed by atoms with Crippen molar-refractivity contribution in [1.82, 2.24) is 4.98 Å². The molecule has 2 heterocycles. The van der Waals surface area contributed by atoms with Crippen LogP contribution in [0.15, 0.2) is 30.5 Å². The highest BCUT2D eigenvalue weighted by Crippen LogP contribution is 2.36.